The highest BCUT2D eigenvalue weighted by Crippen LogP contribution is 2.26. The van der Waals surface area contributed by atoms with Gasteiger partial charge in [0, 0.05) is 34.1 Å². The van der Waals surface area contributed by atoms with Gasteiger partial charge in [-0.2, -0.15) is 0 Å². The van der Waals surface area contributed by atoms with Crippen molar-refractivity contribution in [2.24, 2.45) is 0 Å². The number of thioether (sulfide) groups is 1. The molecule has 1 atom stereocenters. The van der Waals surface area contributed by atoms with Crippen LogP contribution in [-0.4, -0.2) is 17.3 Å². The average molecular weight is 321 g/mol. The van der Waals surface area contributed by atoms with Crippen molar-refractivity contribution in [1.29, 1.82) is 0 Å². The average Bonchev–Trinajstić information content (AvgIpc) is 2.49. The van der Waals surface area contributed by atoms with E-state index in [9.17, 15) is 0 Å². The maximum absolute atomic E-state index is 5.93. The van der Waals surface area contributed by atoms with Crippen LogP contribution in [0.15, 0.2) is 47.6 Å². The van der Waals surface area contributed by atoms with E-state index in [2.05, 4.69) is 42.3 Å². The van der Waals surface area contributed by atoms with Gasteiger partial charge in [-0.15, -0.1) is 11.8 Å². The molecule has 0 bridgehead atoms. The number of halogens is 1. The summed E-state index contributed by atoms with van der Waals surface area (Å²) >= 11 is 7.77. The molecule has 1 aromatic heterocycles. The van der Waals surface area contributed by atoms with Crippen molar-refractivity contribution < 1.29 is 0 Å². The first-order valence-electron chi connectivity index (χ1n) is 7.22. The van der Waals surface area contributed by atoms with Crippen molar-refractivity contribution in [1.82, 2.24) is 10.3 Å². The Balaban J connectivity index is 2.04. The van der Waals surface area contributed by atoms with Gasteiger partial charge in [-0.1, -0.05) is 24.6 Å². The van der Waals surface area contributed by atoms with Crippen LogP contribution in [0.2, 0.25) is 5.02 Å². The molecule has 1 heterocycles. The van der Waals surface area contributed by atoms with Crippen molar-refractivity contribution in [2.75, 3.05) is 12.3 Å². The molecular formula is C17H21ClN2S. The SMILES string of the molecule is CCCNC(CSc1ccc(Cl)cc1)c1cncc(C)c1. The first kappa shape index (κ1) is 16.3. The van der Waals surface area contributed by atoms with E-state index in [0.29, 0.717) is 6.04 Å². The third kappa shape index (κ3) is 5.34. The van der Waals surface area contributed by atoms with Gasteiger partial charge in [0.2, 0.25) is 0 Å². The third-order valence-corrected chi connectivity index (χ3v) is 4.53. The van der Waals surface area contributed by atoms with Crippen LogP contribution in [0.4, 0.5) is 0 Å². The van der Waals surface area contributed by atoms with Gasteiger partial charge in [-0.3, -0.25) is 4.98 Å². The fraction of sp³-hybridized carbons (Fsp3) is 0.353. The summed E-state index contributed by atoms with van der Waals surface area (Å²) in [5, 5.41) is 4.39. The monoisotopic (exact) mass is 320 g/mol. The maximum Gasteiger partial charge on any atom is 0.0430 e. The van der Waals surface area contributed by atoms with E-state index in [1.165, 1.54) is 16.0 Å². The van der Waals surface area contributed by atoms with Crippen molar-refractivity contribution >= 4 is 23.4 Å². The molecule has 0 aliphatic carbocycles. The summed E-state index contributed by atoms with van der Waals surface area (Å²) in [5.41, 5.74) is 2.46. The standard InChI is InChI=1S/C17H21ClN2S/c1-3-8-20-17(14-9-13(2)10-19-11-14)12-21-16-6-4-15(18)5-7-16/h4-7,9-11,17,20H,3,8,12H2,1-2H3. The van der Waals surface area contributed by atoms with Crippen molar-refractivity contribution in [2.45, 2.75) is 31.2 Å². The van der Waals surface area contributed by atoms with Crippen molar-refractivity contribution in [3.8, 4) is 0 Å². The summed E-state index contributed by atoms with van der Waals surface area (Å²) in [5.74, 6) is 0.979. The Bertz CT molecular complexity index is 557. The van der Waals surface area contributed by atoms with Crippen molar-refractivity contribution in [3.05, 3.63) is 58.9 Å². The molecule has 4 heteroatoms. The number of hydrogen-bond acceptors (Lipinski definition) is 3. The molecule has 21 heavy (non-hydrogen) atoms. The number of pyridine rings is 1. The second kappa shape index (κ2) is 8.42. The van der Waals surface area contributed by atoms with E-state index in [1.807, 2.05) is 36.3 Å². The fourth-order valence-electron chi connectivity index (χ4n) is 2.07. The molecule has 1 N–H and O–H groups in total. The van der Waals surface area contributed by atoms with E-state index < -0.39 is 0 Å². The zero-order valence-corrected chi connectivity index (χ0v) is 14.0. The quantitative estimate of drug-likeness (QED) is 0.736. The lowest BCUT2D eigenvalue weighted by Gasteiger charge is -2.19. The highest BCUT2D eigenvalue weighted by Gasteiger charge is 2.12. The summed E-state index contributed by atoms with van der Waals surface area (Å²) < 4.78 is 0. The number of aromatic nitrogens is 1. The third-order valence-electron chi connectivity index (χ3n) is 3.17. The zero-order valence-electron chi connectivity index (χ0n) is 12.5. The first-order valence-corrected chi connectivity index (χ1v) is 8.58. The minimum absolute atomic E-state index is 0.318. The van der Waals surface area contributed by atoms with Crippen LogP contribution < -0.4 is 5.32 Å². The molecule has 0 amide bonds. The molecule has 0 spiro atoms. The van der Waals surface area contributed by atoms with Gasteiger partial charge in [0.1, 0.15) is 0 Å². The Morgan fingerprint density at radius 2 is 2.00 bits per heavy atom. The van der Waals surface area contributed by atoms with Gasteiger partial charge in [0.05, 0.1) is 0 Å². The molecule has 1 aromatic carbocycles. The van der Waals surface area contributed by atoms with Crippen LogP contribution in [0.1, 0.15) is 30.5 Å². The molecule has 0 fully saturated rings. The van der Waals surface area contributed by atoms with Gasteiger partial charge in [0.15, 0.2) is 0 Å². The number of benzene rings is 1. The topological polar surface area (TPSA) is 24.9 Å². The smallest absolute Gasteiger partial charge is 0.0430 e. The highest BCUT2D eigenvalue weighted by molar-refractivity contribution is 7.99. The van der Waals surface area contributed by atoms with Crippen molar-refractivity contribution in [3.63, 3.8) is 0 Å². The summed E-state index contributed by atoms with van der Waals surface area (Å²) in [6.45, 7) is 5.28. The van der Waals surface area contributed by atoms with Crippen LogP contribution in [0, 0.1) is 6.92 Å². The van der Waals surface area contributed by atoms with Gasteiger partial charge in [-0.05, 0) is 55.3 Å². The van der Waals surface area contributed by atoms with Crippen LogP contribution in [0.3, 0.4) is 0 Å². The van der Waals surface area contributed by atoms with E-state index >= 15 is 0 Å². The number of hydrogen-bond donors (Lipinski definition) is 1. The Labute approximate surface area is 136 Å². The van der Waals surface area contributed by atoms with Gasteiger partial charge >= 0.3 is 0 Å². The van der Waals surface area contributed by atoms with Gasteiger partial charge < -0.3 is 5.32 Å². The lowest BCUT2D eigenvalue weighted by molar-refractivity contribution is 0.575. The molecule has 0 radical (unpaired) electrons. The minimum atomic E-state index is 0.318. The van der Waals surface area contributed by atoms with E-state index in [0.717, 1.165) is 23.7 Å². The lowest BCUT2D eigenvalue weighted by atomic mass is 10.1. The van der Waals surface area contributed by atoms with Gasteiger partial charge in [-0.25, -0.2) is 0 Å². The Hall–Kier alpha value is -1.03. The van der Waals surface area contributed by atoms with E-state index in [-0.39, 0.29) is 0 Å². The van der Waals surface area contributed by atoms with E-state index in [4.69, 9.17) is 11.6 Å². The molecule has 112 valence electrons. The fourth-order valence-corrected chi connectivity index (χ4v) is 3.19. The van der Waals surface area contributed by atoms with Crippen LogP contribution in [-0.2, 0) is 0 Å². The maximum atomic E-state index is 5.93. The molecule has 2 rings (SSSR count). The second-order valence-corrected chi connectivity index (χ2v) is 6.60. The highest BCUT2D eigenvalue weighted by atomic mass is 35.5. The lowest BCUT2D eigenvalue weighted by Crippen LogP contribution is -2.24. The number of nitrogens with zero attached hydrogens (tertiary/aromatic N) is 1. The summed E-state index contributed by atoms with van der Waals surface area (Å²) in [6.07, 6.45) is 4.98. The summed E-state index contributed by atoms with van der Waals surface area (Å²) in [6, 6.07) is 10.5. The molecule has 1 unspecified atom stereocenters. The number of nitrogens with one attached hydrogen (secondary N) is 1. The largest absolute Gasteiger partial charge is 0.309 e. The summed E-state index contributed by atoms with van der Waals surface area (Å²) in [7, 11) is 0. The summed E-state index contributed by atoms with van der Waals surface area (Å²) in [4.78, 5) is 5.55. The number of rotatable bonds is 7. The van der Waals surface area contributed by atoms with E-state index in [1.54, 1.807) is 0 Å². The zero-order chi connectivity index (χ0) is 15.1. The minimum Gasteiger partial charge on any atom is -0.309 e. The predicted octanol–water partition coefficient (Wildman–Crippen LogP) is 4.88. The Kier molecular flexibility index (Phi) is 6.55. The van der Waals surface area contributed by atoms with Crippen LogP contribution >= 0.6 is 23.4 Å². The van der Waals surface area contributed by atoms with Gasteiger partial charge in [0.25, 0.3) is 0 Å². The Morgan fingerprint density at radius 1 is 1.24 bits per heavy atom. The molecule has 0 saturated carbocycles. The molecule has 2 aromatic rings. The normalized spacial score (nSPS) is 12.3. The molecule has 0 aliphatic heterocycles. The Morgan fingerprint density at radius 3 is 2.67 bits per heavy atom. The number of aryl methyl sites for hydroxylation is 1. The molecule has 2 nitrogen and oxygen atoms in total. The van der Waals surface area contributed by atoms with Crippen LogP contribution in [0.5, 0.6) is 0 Å². The predicted molar refractivity (Wildman–Crippen MR) is 92.2 cm³/mol. The second-order valence-electron chi connectivity index (χ2n) is 5.07. The molecular weight excluding hydrogens is 300 g/mol. The first-order chi connectivity index (χ1) is 10.2. The molecule has 0 saturated heterocycles. The molecule has 0 aliphatic rings. The van der Waals surface area contributed by atoms with Crippen LogP contribution in [0.25, 0.3) is 0 Å².